The van der Waals surface area contributed by atoms with Crippen molar-refractivity contribution in [2.24, 2.45) is 5.92 Å². The summed E-state index contributed by atoms with van der Waals surface area (Å²) in [6.45, 7) is 6.23. The fourth-order valence-corrected chi connectivity index (χ4v) is 7.36. The number of carboxylic acids is 3. The summed E-state index contributed by atoms with van der Waals surface area (Å²) < 4.78 is 0. The van der Waals surface area contributed by atoms with E-state index < -0.39 is 23.4 Å². The van der Waals surface area contributed by atoms with Gasteiger partial charge in [0.15, 0.2) is 0 Å². The molecule has 16 nitrogen and oxygen atoms in total. The fourth-order valence-electron chi connectivity index (χ4n) is 7.36. The smallest absolute Gasteiger partial charge is 0.317 e. The summed E-state index contributed by atoms with van der Waals surface area (Å²) in [4.78, 5) is 81.8. The highest BCUT2D eigenvalue weighted by Gasteiger charge is 2.61. The third kappa shape index (κ3) is 15.5. The second-order valence-corrected chi connectivity index (χ2v) is 15.8. The molecule has 4 rings (SSSR count). The lowest BCUT2D eigenvalue weighted by molar-refractivity contribution is -0.140. The van der Waals surface area contributed by atoms with E-state index in [-0.39, 0.29) is 102 Å². The molecule has 2 aromatic carbocycles. The van der Waals surface area contributed by atoms with Gasteiger partial charge in [0.1, 0.15) is 5.54 Å². The van der Waals surface area contributed by atoms with Crippen molar-refractivity contribution in [3.8, 4) is 11.1 Å². The van der Waals surface area contributed by atoms with Gasteiger partial charge >= 0.3 is 17.9 Å². The molecule has 2 fully saturated rings. The van der Waals surface area contributed by atoms with Crippen LogP contribution in [0.1, 0.15) is 57.4 Å². The highest BCUT2D eigenvalue weighted by molar-refractivity contribution is 5.96. The monoisotopic (exact) mass is 807 g/mol. The summed E-state index contributed by atoms with van der Waals surface area (Å²) in [5.41, 5.74) is 1.99. The molecular weight excluding hydrogens is 747 g/mol. The van der Waals surface area contributed by atoms with Gasteiger partial charge in [0.25, 0.3) is 0 Å². The Hall–Kier alpha value is -4.90. The van der Waals surface area contributed by atoms with Gasteiger partial charge < -0.3 is 31.3 Å². The first-order valence-electron chi connectivity index (χ1n) is 20.3. The van der Waals surface area contributed by atoms with Gasteiger partial charge in [0, 0.05) is 77.8 Å². The maximum absolute atomic E-state index is 13.7. The van der Waals surface area contributed by atoms with Crippen molar-refractivity contribution >= 4 is 35.6 Å². The van der Waals surface area contributed by atoms with Gasteiger partial charge in [-0.25, -0.2) is 0 Å². The Morgan fingerprint density at radius 3 is 1.59 bits per heavy atom. The van der Waals surface area contributed by atoms with E-state index in [0.717, 1.165) is 36.0 Å². The van der Waals surface area contributed by atoms with Gasteiger partial charge in [-0.15, -0.1) is 0 Å². The summed E-state index contributed by atoms with van der Waals surface area (Å²) in [6, 6.07) is 18.1. The second kappa shape index (κ2) is 22.9. The minimum atomic E-state index is -1.10. The molecule has 1 aliphatic heterocycles. The summed E-state index contributed by atoms with van der Waals surface area (Å²) in [7, 11) is 0. The lowest BCUT2D eigenvalue weighted by Crippen LogP contribution is -2.51. The van der Waals surface area contributed by atoms with E-state index in [4.69, 9.17) is 0 Å². The maximum atomic E-state index is 13.7. The molecule has 1 saturated carbocycles. The number of hydrogen-bond acceptors (Lipinski definition) is 10. The SMILES string of the molecule is CC(C)CCCCNC(=O)C1(NC(=O)CCNC(=O)CN2CCN(CC(=O)O)CCN(CC(=O)O)CCN(CC(=O)O)CC2)C[C@@H]1c1ccc(-c2ccccc2)cc1. The lowest BCUT2D eigenvalue weighted by Gasteiger charge is -2.32. The van der Waals surface area contributed by atoms with Gasteiger partial charge in [-0.3, -0.25) is 48.4 Å². The average molecular weight is 808 g/mol. The Kier molecular flexibility index (Phi) is 18.1. The predicted molar refractivity (Wildman–Crippen MR) is 218 cm³/mol. The van der Waals surface area contributed by atoms with Crippen molar-refractivity contribution in [3.63, 3.8) is 0 Å². The maximum Gasteiger partial charge on any atom is 0.317 e. The number of aliphatic carboxylic acids is 3. The predicted octanol–water partition coefficient (Wildman–Crippen LogP) is 1.62. The number of carbonyl (C=O) groups excluding carboxylic acids is 3. The number of unbranched alkanes of at least 4 members (excludes halogenated alkanes) is 1. The summed E-state index contributed by atoms with van der Waals surface area (Å²) in [5, 5.41) is 37.2. The minimum absolute atomic E-state index is 0.0253. The van der Waals surface area contributed by atoms with Crippen LogP contribution >= 0.6 is 0 Å². The molecule has 3 amide bonds. The Balaban J connectivity index is 1.35. The molecule has 1 unspecified atom stereocenters. The second-order valence-electron chi connectivity index (χ2n) is 15.8. The first-order valence-corrected chi connectivity index (χ1v) is 20.3. The summed E-state index contributed by atoms with van der Waals surface area (Å²) in [5.74, 6) is -3.68. The van der Waals surface area contributed by atoms with Gasteiger partial charge in [0.05, 0.1) is 26.2 Å². The third-order valence-corrected chi connectivity index (χ3v) is 10.7. The fraction of sp³-hybridized carbons (Fsp3) is 0.571. The number of carboxylic acid groups (broad SMARTS) is 3. The first kappa shape index (κ1) is 45.8. The molecule has 0 radical (unpaired) electrons. The molecule has 0 spiro atoms. The van der Waals surface area contributed by atoms with Crippen molar-refractivity contribution in [2.45, 2.75) is 57.4 Å². The lowest BCUT2D eigenvalue weighted by atomic mass is 10.00. The molecule has 1 saturated heterocycles. The number of nitrogens with one attached hydrogen (secondary N) is 3. The Bertz CT molecular complexity index is 1640. The number of nitrogens with zero attached hydrogens (tertiary/aromatic N) is 4. The van der Waals surface area contributed by atoms with Crippen molar-refractivity contribution in [1.82, 2.24) is 35.6 Å². The van der Waals surface area contributed by atoms with Gasteiger partial charge in [-0.1, -0.05) is 81.3 Å². The zero-order valence-electron chi connectivity index (χ0n) is 33.9. The van der Waals surface area contributed by atoms with Crippen molar-refractivity contribution in [3.05, 3.63) is 60.2 Å². The van der Waals surface area contributed by atoms with E-state index in [1.807, 2.05) is 59.5 Å². The first-order chi connectivity index (χ1) is 27.7. The molecule has 1 heterocycles. The molecule has 6 N–H and O–H groups in total. The van der Waals surface area contributed by atoms with Crippen LogP contribution in [0, 0.1) is 5.92 Å². The number of carbonyl (C=O) groups is 6. The van der Waals surface area contributed by atoms with Crippen LogP contribution in [0.5, 0.6) is 0 Å². The van der Waals surface area contributed by atoms with Crippen molar-refractivity contribution < 1.29 is 44.1 Å². The van der Waals surface area contributed by atoms with Gasteiger partial charge in [-0.2, -0.15) is 0 Å². The van der Waals surface area contributed by atoms with Crippen LogP contribution in [0.4, 0.5) is 0 Å². The van der Waals surface area contributed by atoms with Crippen LogP contribution in [0.2, 0.25) is 0 Å². The average Bonchev–Trinajstić information content (AvgIpc) is 3.90. The standard InChI is InChI=1S/C42H61N7O9/c1-31(2)8-6-7-16-44-41(58)42(26-35(42)34-13-11-33(12-14-34)32-9-4-3-5-10-32)45-36(50)15-17-43-37(51)27-46-18-20-47(28-38(52)53)22-24-49(30-40(56)57)25-23-48(21-19-46)29-39(54)55/h3-5,9-14,31,35H,6-8,15-30H2,1-2H3,(H,43,51)(H,44,58)(H,45,50)(H,52,53)(H,54,55)(H,56,57)/t35-,42?/m1/s1. The molecule has 0 aromatic heterocycles. The van der Waals surface area contributed by atoms with E-state index >= 15 is 0 Å². The number of benzene rings is 2. The molecule has 1 aliphatic carbocycles. The van der Waals surface area contributed by atoms with Crippen molar-refractivity contribution in [2.75, 3.05) is 91.6 Å². The molecule has 2 atom stereocenters. The van der Waals surface area contributed by atoms with Crippen LogP contribution in [-0.2, 0) is 28.8 Å². The van der Waals surface area contributed by atoms with Crippen molar-refractivity contribution in [1.29, 1.82) is 0 Å². The third-order valence-electron chi connectivity index (χ3n) is 10.7. The van der Waals surface area contributed by atoms with E-state index in [1.165, 1.54) is 0 Å². The van der Waals surface area contributed by atoms with Crippen LogP contribution in [0.15, 0.2) is 54.6 Å². The zero-order valence-corrected chi connectivity index (χ0v) is 33.9. The zero-order chi connectivity index (χ0) is 42.1. The molecule has 16 heteroatoms. The van der Waals surface area contributed by atoms with Gasteiger partial charge in [-0.05, 0) is 35.4 Å². The Labute approximate surface area is 340 Å². The molecule has 318 valence electrons. The largest absolute Gasteiger partial charge is 0.480 e. The minimum Gasteiger partial charge on any atom is -0.480 e. The number of hydrogen-bond donors (Lipinski definition) is 6. The van der Waals surface area contributed by atoms with E-state index in [0.29, 0.717) is 32.0 Å². The van der Waals surface area contributed by atoms with Crippen LogP contribution in [0.25, 0.3) is 11.1 Å². The Morgan fingerprint density at radius 2 is 1.10 bits per heavy atom. The molecule has 0 bridgehead atoms. The summed E-state index contributed by atoms with van der Waals surface area (Å²) >= 11 is 0. The molecule has 58 heavy (non-hydrogen) atoms. The Morgan fingerprint density at radius 1 is 0.621 bits per heavy atom. The van der Waals surface area contributed by atoms with Crippen LogP contribution < -0.4 is 16.0 Å². The van der Waals surface area contributed by atoms with E-state index in [2.05, 4.69) is 29.8 Å². The molecular formula is C42H61N7O9. The molecule has 2 aliphatic rings. The summed E-state index contributed by atoms with van der Waals surface area (Å²) in [6.07, 6.45) is 3.30. The van der Waals surface area contributed by atoms with E-state index in [1.54, 1.807) is 14.7 Å². The normalized spacial score (nSPS) is 20.0. The van der Waals surface area contributed by atoms with Crippen LogP contribution in [-0.4, -0.2) is 168 Å². The molecule has 2 aromatic rings. The topological polar surface area (TPSA) is 212 Å². The van der Waals surface area contributed by atoms with E-state index in [9.17, 15) is 44.1 Å². The highest BCUT2D eigenvalue weighted by atomic mass is 16.4. The quantitative estimate of drug-likeness (QED) is 0.105. The number of amides is 3. The van der Waals surface area contributed by atoms with Crippen LogP contribution in [0.3, 0.4) is 0 Å². The number of rotatable bonds is 20. The highest BCUT2D eigenvalue weighted by Crippen LogP contribution is 2.52. The van der Waals surface area contributed by atoms with Gasteiger partial charge in [0.2, 0.25) is 17.7 Å².